The van der Waals surface area contributed by atoms with Gasteiger partial charge in [0.05, 0.1) is 0 Å². The number of benzene rings is 1. The lowest BCUT2D eigenvalue weighted by molar-refractivity contribution is 0.590. The van der Waals surface area contributed by atoms with E-state index in [2.05, 4.69) is 58.5 Å². The largest absolute Gasteiger partial charge is 0.368 e. The molecule has 1 aromatic heterocycles. The lowest BCUT2D eigenvalue weighted by atomic mass is 10.1. The molecule has 3 rings (SSSR count). The summed E-state index contributed by atoms with van der Waals surface area (Å²) in [5, 5.41) is 5.92. The van der Waals surface area contributed by atoms with Gasteiger partial charge in [-0.25, -0.2) is 4.98 Å². The molecule has 4 nitrogen and oxygen atoms in total. The van der Waals surface area contributed by atoms with Crippen LogP contribution in [0.5, 0.6) is 0 Å². The highest BCUT2D eigenvalue weighted by Gasteiger charge is 2.16. The molecule has 19 heavy (non-hydrogen) atoms. The second-order valence-electron chi connectivity index (χ2n) is 5.14. The van der Waals surface area contributed by atoms with E-state index >= 15 is 0 Å². The quantitative estimate of drug-likeness (QED) is 0.886. The molecule has 0 bridgehead atoms. The van der Waals surface area contributed by atoms with Gasteiger partial charge in [-0.3, -0.25) is 0 Å². The Morgan fingerprint density at radius 2 is 1.95 bits per heavy atom. The highest BCUT2D eigenvalue weighted by molar-refractivity contribution is 6.02. The molecule has 1 aliphatic rings. The molecule has 2 aromatic rings. The number of anilines is 2. The third-order valence-electron chi connectivity index (χ3n) is 3.63. The topological polar surface area (TPSA) is 31.4 Å². The number of hydrogen-bond acceptors (Lipinski definition) is 4. The fourth-order valence-corrected chi connectivity index (χ4v) is 2.70. The van der Waals surface area contributed by atoms with Gasteiger partial charge in [0.25, 0.3) is 0 Å². The molecular formula is C15H20N4. The van der Waals surface area contributed by atoms with Gasteiger partial charge in [0, 0.05) is 57.5 Å². The normalized spacial score (nSPS) is 15.8. The minimum Gasteiger partial charge on any atom is -0.368 e. The predicted molar refractivity (Wildman–Crippen MR) is 81.2 cm³/mol. The Morgan fingerprint density at radius 1 is 1.16 bits per heavy atom. The molecule has 0 spiro atoms. The molecule has 1 N–H and O–H groups in total. The summed E-state index contributed by atoms with van der Waals surface area (Å²) < 4.78 is 0. The Bertz CT molecular complexity index is 568. The highest BCUT2D eigenvalue weighted by atomic mass is 15.2. The number of pyridine rings is 1. The van der Waals surface area contributed by atoms with Gasteiger partial charge in [-0.05, 0) is 17.5 Å². The van der Waals surface area contributed by atoms with E-state index in [9.17, 15) is 0 Å². The molecular weight excluding hydrogens is 236 g/mol. The standard InChI is InChI=1S/C15H20N4/c1-18(2)15-14-12(6-7-17-15)4-3-5-13(14)19-10-8-16-9-11-19/h3-7,16H,8-11H2,1-2H3. The van der Waals surface area contributed by atoms with Gasteiger partial charge in [0.2, 0.25) is 0 Å². The fourth-order valence-electron chi connectivity index (χ4n) is 2.70. The number of fused-ring (bicyclic) bond motifs is 1. The number of rotatable bonds is 2. The van der Waals surface area contributed by atoms with Crippen LogP contribution in [0.15, 0.2) is 30.5 Å². The monoisotopic (exact) mass is 256 g/mol. The summed E-state index contributed by atoms with van der Waals surface area (Å²) in [6.45, 7) is 4.21. The molecule has 1 aliphatic heterocycles. The third-order valence-corrected chi connectivity index (χ3v) is 3.63. The molecule has 0 unspecified atom stereocenters. The van der Waals surface area contributed by atoms with Crippen LogP contribution in [0, 0.1) is 0 Å². The summed E-state index contributed by atoms with van der Waals surface area (Å²) in [7, 11) is 4.10. The Kier molecular flexibility index (Phi) is 3.25. The van der Waals surface area contributed by atoms with Crippen LogP contribution in [-0.2, 0) is 0 Å². The predicted octanol–water partition coefficient (Wildman–Crippen LogP) is 1.71. The van der Waals surface area contributed by atoms with Crippen LogP contribution in [0.3, 0.4) is 0 Å². The fraction of sp³-hybridized carbons (Fsp3) is 0.400. The Hall–Kier alpha value is -1.81. The van der Waals surface area contributed by atoms with E-state index in [1.807, 2.05) is 6.20 Å². The second kappa shape index (κ2) is 5.05. The number of piperazine rings is 1. The lowest BCUT2D eigenvalue weighted by Crippen LogP contribution is -2.43. The maximum absolute atomic E-state index is 4.55. The first kappa shape index (κ1) is 12.2. The first-order valence-corrected chi connectivity index (χ1v) is 6.78. The van der Waals surface area contributed by atoms with Crippen molar-refractivity contribution in [2.45, 2.75) is 0 Å². The van der Waals surface area contributed by atoms with Crippen molar-refractivity contribution in [3.05, 3.63) is 30.5 Å². The highest BCUT2D eigenvalue weighted by Crippen LogP contribution is 2.32. The van der Waals surface area contributed by atoms with Gasteiger partial charge in [0.15, 0.2) is 0 Å². The van der Waals surface area contributed by atoms with Crippen molar-refractivity contribution in [3.8, 4) is 0 Å². The SMILES string of the molecule is CN(C)c1nccc2cccc(N3CCNCC3)c12. The Labute approximate surface area is 114 Å². The van der Waals surface area contributed by atoms with Gasteiger partial charge in [-0.2, -0.15) is 0 Å². The van der Waals surface area contributed by atoms with Crippen molar-refractivity contribution in [1.82, 2.24) is 10.3 Å². The molecule has 0 amide bonds. The van der Waals surface area contributed by atoms with Crippen molar-refractivity contribution in [3.63, 3.8) is 0 Å². The van der Waals surface area contributed by atoms with Gasteiger partial charge < -0.3 is 15.1 Å². The lowest BCUT2D eigenvalue weighted by Gasteiger charge is -2.31. The molecule has 0 radical (unpaired) electrons. The van der Waals surface area contributed by atoms with Gasteiger partial charge in [-0.15, -0.1) is 0 Å². The van der Waals surface area contributed by atoms with E-state index in [-0.39, 0.29) is 0 Å². The summed E-state index contributed by atoms with van der Waals surface area (Å²) in [6, 6.07) is 8.60. The molecule has 0 atom stereocenters. The van der Waals surface area contributed by atoms with Gasteiger partial charge >= 0.3 is 0 Å². The molecule has 100 valence electrons. The average molecular weight is 256 g/mol. The molecule has 1 fully saturated rings. The molecule has 1 saturated heterocycles. The first-order valence-electron chi connectivity index (χ1n) is 6.78. The minimum atomic E-state index is 1.05. The van der Waals surface area contributed by atoms with Crippen LogP contribution in [0.4, 0.5) is 11.5 Å². The maximum atomic E-state index is 4.55. The molecule has 2 heterocycles. The van der Waals surface area contributed by atoms with E-state index in [1.165, 1.54) is 16.5 Å². The molecule has 1 aromatic carbocycles. The van der Waals surface area contributed by atoms with Crippen molar-refractivity contribution < 1.29 is 0 Å². The van der Waals surface area contributed by atoms with E-state index in [4.69, 9.17) is 0 Å². The van der Waals surface area contributed by atoms with E-state index in [1.54, 1.807) is 0 Å². The summed E-state index contributed by atoms with van der Waals surface area (Å²) in [5.74, 6) is 1.05. The Morgan fingerprint density at radius 3 is 2.68 bits per heavy atom. The number of hydrogen-bond donors (Lipinski definition) is 1. The maximum Gasteiger partial charge on any atom is 0.137 e. The summed E-state index contributed by atoms with van der Waals surface area (Å²) in [5.41, 5.74) is 1.30. The third kappa shape index (κ3) is 2.24. The number of nitrogens with zero attached hydrogens (tertiary/aromatic N) is 3. The van der Waals surface area contributed by atoms with E-state index < -0.39 is 0 Å². The van der Waals surface area contributed by atoms with Gasteiger partial charge in [0.1, 0.15) is 5.82 Å². The summed E-state index contributed by atoms with van der Waals surface area (Å²) in [6.07, 6.45) is 1.89. The van der Waals surface area contributed by atoms with Crippen LogP contribution < -0.4 is 15.1 Å². The van der Waals surface area contributed by atoms with Crippen LogP contribution >= 0.6 is 0 Å². The zero-order valence-corrected chi connectivity index (χ0v) is 11.6. The molecule has 0 aliphatic carbocycles. The van der Waals surface area contributed by atoms with Crippen molar-refractivity contribution >= 4 is 22.3 Å². The van der Waals surface area contributed by atoms with Gasteiger partial charge in [-0.1, -0.05) is 12.1 Å². The Balaban J connectivity index is 2.17. The average Bonchev–Trinajstić information content (AvgIpc) is 2.46. The van der Waals surface area contributed by atoms with E-state index in [0.717, 1.165) is 32.0 Å². The summed E-state index contributed by atoms with van der Waals surface area (Å²) in [4.78, 5) is 9.09. The van der Waals surface area contributed by atoms with Crippen LogP contribution in [0.25, 0.3) is 10.8 Å². The first-order chi connectivity index (χ1) is 9.27. The van der Waals surface area contributed by atoms with E-state index in [0.29, 0.717) is 0 Å². The van der Waals surface area contributed by atoms with Crippen LogP contribution in [0.1, 0.15) is 0 Å². The zero-order chi connectivity index (χ0) is 13.2. The van der Waals surface area contributed by atoms with Crippen molar-refractivity contribution in [1.29, 1.82) is 0 Å². The van der Waals surface area contributed by atoms with Crippen molar-refractivity contribution in [2.24, 2.45) is 0 Å². The second-order valence-corrected chi connectivity index (χ2v) is 5.14. The van der Waals surface area contributed by atoms with Crippen LogP contribution in [-0.4, -0.2) is 45.3 Å². The molecule has 0 saturated carbocycles. The zero-order valence-electron chi connectivity index (χ0n) is 11.6. The van der Waals surface area contributed by atoms with Crippen molar-refractivity contribution in [2.75, 3.05) is 50.1 Å². The number of aromatic nitrogens is 1. The van der Waals surface area contributed by atoms with Crippen LogP contribution in [0.2, 0.25) is 0 Å². The number of nitrogens with one attached hydrogen (secondary N) is 1. The minimum absolute atomic E-state index is 1.05. The summed E-state index contributed by atoms with van der Waals surface area (Å²) >= 11 is 0. The smallest absolute Gasteiger partial charge is 0.137 e. The molecule has 4 heteroatoms.